The van der Waals surface area contributed by atoms with E-state index in [9.17, 15) is 14.0 Å². The van der Waals surface area contributed by atoms with Crippen molar-refractivity contribution in [1.29, 1.82) is 0 Å². The number of amides is 1. The van der Waals surface area contributed by atoms with Crippen LogP contribution in [0.4, 0.5) is 10.1 Å². The highest BCUT2D eigenvalue weighted by Gasteiger charge is 2.45. The Morgan fingerprint density at radius 1 is 1.08 bits per heavy atom. The molecule has 1 heterocycles. The molecule has 1 saturated heterocycles. The molecule has 4 rings (SSSR count). The number of carbonyl (C=O) groups excluding carboxylic acids is 2. The number of carbonyl (C=O) groups is 2. The highest BCUT2D eigenvalue weighted by molar-refractivity contribution is 5.95. The summed E-state index contributed by atoms with van der Waals surface area (Å²) in [6, 6.07) is 13.3. The van der Waals surface area contributed by atoms with E-state index < -0.39 is 0 Å². The van der Waals surface area contributed by atoms with Gasteiger partial charge in [-0.2, -0.15) is 0 Å². The fraction of sp³-hybridized carbons (Fsp3) is 0.300. The highest BCUT2D eigenvalue weighted by atomic mass is 19.1. The molecule has 0 N–H and O–H groups in total. The van der Waals surface area contributed by atoms with Crippen molar-refractivity contribution in [1.82, 2.24) is 0 Å². The molecule has 1 amide bonds. The topological polar surface area (TPSA) is 46.6 Å². The number of esters is 1. The van der Waals surface area contributed by atoms with Gasteiger partial charge in [0.05, 0.1) is 5.92 Å². The van der Waals surface area contributed by atoms with Crippen LogP contribution in [0.15, 0.2) is 48.5 Å². The van der Waals surface area contributed by atoms with Gasteiger partial charge in [0.15, 0.2) is 0 Å². The predicted octanol–water partition coefficient (Wildman–Crippen LogP) is 3.66. The van der Waals surface area contributed by atoms with Crippen molar-refractivity contribution in [3.8, 4) is 5.75 Å². The maximum atomic E-state index is 13.0. The molecule has 2 aromatic carbocycles. The Morgan fingerprint density at radius 3 is 2.44 bits per heavy atom. The Labute approximate surface area is 145 Å². The highest BCUT2D eigenvalue weighted by Crippen LogP contribution is 2.48. The van der Waals surface area contributed by atoms with Crippen LogP contribution >= 0.6 is 0 Å². The van der Waals surface area contributed by atoms with Crippen LogP contribution in [0.1, 0.15) is 30.7 Å². The first-order valence-corrected chi connectivity index (χ1v) is 8.49. The van der Waals surface area contributed by atoms with Gasteiger partial charge < -0.3 is 9.64 Å². The summed E-state index contributed by atoms with van der Waals surface area (Å²) in [5, 5.41) is 0. The molecule has 2 atom stereocenters. The number of ether oxygens (including phenoxy) is 1. The van der Waals surface area contributed by atoms with Gasteiger partial charge >= 0.3 is 5.97 Å². The van der Waals surface area contributed by atoms with Crippen molar-refractivity contribution < 1.29 is 18.7 Å². The lowest BCUT2D eigenvalue weighted by Crippen LogP contribution is -2.23. The third kappa shape index (κ3) is 3.27. The average molecular weight is 339 g/mol. The van der Waals surface area contributed by atoms with Gasteiger partial charge in [-0.3, -0.25) is 9.59 Å². The van der Waals surface area contributed by atoms with Gasteiger partial charge in [-0.15, -0.1) is 0 Å². The zero-order valence-electron chi connectivity index (χ0n) is 13.7. The van der Waals surface area contributed by atoms with E-state index in [0.717, 1.165) is 30.6 Å². The van der Waals surface area contributed by atoms with Crippen molar-refractivity contribution in [2.75, 3.05) is 11.4 Å². The Kier molecular flexibility index (Phi) is 3.99. The van der Waals surface area contributed by atoms with E-state index in [1.165, 1.54) is 12.1 Å². The van der Waals surface area contributed by atoms with Crippen LogP contribution in [0, 0.1) is 11.7 Å². The van der Waals surface area contributed by atoms with E-state index >= 15 is 0 Å². The Balaban J connectivity index is 1.37. The van der Waals surface area contributed by atoms with Crippen molar-refractivity contribution in [2.24, 2.45) is 5.92 Å². The molecule has 0 radical (unpaired) electrons. The summed E-state index contributed by atoms with van der Waals surface area (Å²) in [6.45, 7) is 0.736. The van der Waals surface area contributed by atoms with Crippen LogP contribution in [0.5, 0.6) is 5.75 Å². The zero-order chi connectivity index (χ0) is 17.4. The average Bonchev–Trinajstić information content (AvgIpc) is 3.31. The van der Waals surface area contributed by atoms with E-state index in [1.807, 2.05) is 0 Å². The monoisotopic (exact) mass is 339 g/mol. The minimum absolute atomic E-state index is 0.106. The first-order chi connectivity index (χ1) is 12.1. The van der Waals surface area contributed by atoms with E-state index in [4.69, 9.17) is 4.74 Å². The lowest BCUT2D eigenvalue weighted by Gasteiger charge is -2.15. The second-order valence-electron chi connectivity index (χ2n) is 6.56. The second-order valence-corrected chi connectivity index (χ2v) is 6.56. The van der Waals surface area contributed by atoms with Crippen molar-refractivity contribution in [3.05, 3.63) is 59.9 Å². The number of nitrogens with zero attached hydrogens (tertiary/aromatic N) is 1. The van der Waals surface area contributed by atoms with Crippen LogP contribution in [0.2, 0.25) is 0 Å². The van der Waals surface area contributed by atoms with Crippen LogP contribution in [-0.4, -0.2) is 18.4 Å². The summed E-state index contributed by atoms with van der Waals surface area (Å²) >= 11 is 0. The molecular weight excluding hydrogens is 321 g/mol. The molecule has 2 aromatic rings. The molecule has 0 aromatic heterocycles. The predicted molar refractivity (Wildman–Crippen MR) is 90.9 cm³/mol. The number of halogens is 1. The molecule has 0 bridgehead atoms. The quantitative estimate of drug-likeness (QED) is 0.631. The third-order valence-electron chi connectivity index (χ3n) is 4.83. The van der Waals surface area contributed by atoms with Crippen LogP contribution < -0.4 is 9.64 Å². The molecule has 128 valence electrons. The number of hydrogen-bond acceptors (Lipinski definition) is 3. The third-order valence-corrected chi connectivity index (χ3v) is 4.83. The maximum absolute atomic E-state index is 13.0. The molecule has 2 fully saturated rings. The van der Waals surface area contributed by atoms with E-state index in [1.54, 1.807) is 41.3 Å². The summed E-state index contributed by atoms with van der Waals surface area (Å²) in [4.78, 5) is 25.7. The fourth-order valence-electron chi connectivity index (χ4n) is 3.34. The van der Waals surface area contributed by atoms with E-state index in [2.05, 4.69) is 0 Å². The Morgan fingerprint density at radius 2 is 1.80 bits per heavy atom. The molecule has 2 aliphatic rings. The smallest absolute Gasteiger partial charge is 0.314 e. The summed E-state index contributed by atoms with van der Waals surface area (Å²) in [7, 11) is 0. The first kappa shape index (κ1) is 15.8. The lowest BCUT2D eigenvalue weighted by molar-refractivity contribution is -0.136. The van der Waals surface area contributed by atoms with Gasteiger partial charge in [0.2, 0.25) is 5.91 Å². The molecule has 1 aliphatic carbocycles. The van der Waals surface area contributed by atoms with Gasteiger partial charge in [0.1, 0.15) is 11.6 Å². The van der Waals surface area contributed by atoms with Gasteiger partial charge in [-0.05, 0) is 60.7 Å². The molecular formula is C20H18FNO3. The molecule has 1 aliphatic heterocycles. The standard InChI is InChI=1S/C20H18FNO3/c21-14-5-3-13(4-6-14)17-12-18(17)20(24)25-16-9-7-15(8-10-16)22-11-1-2-19(22)23/h3-10,17-18H,1-2,11-12H2. The number of benzene rings is 2. The van der Waals surface area contributed by atoms with Gasteiger partial charge in [-0.1, -0.05) is 12.1 Å². The second kappa shape index (κ2) is 6.31. The normalized spacial score (nSPS) is 22.1. The molecule has 2 unspecified atom stereocenters. The first-order valence-electron chi connectivity index (χ1n) is 8.49. The van der Waals surface area contributed by atoms with Crippen LogP contribution in [-0.2, 0) is 9.59 Å². The van der Waals surface area contributed by atoms with Crippen molar-refractivity contribution in [3.63, 3.8) is 0 Å². The van der Waals surface area contributed by atoms with Gasteiger partial charge in [-0.25, -0.2) is 4.39 Å². The van der Waals surface area contributed by atoms with Gasteiger partial charge in [0.25, 0.3) is 0 Å². The molecule has 25 heavy (non-hydrogen) atoms. The Hall–Kier alpha value is -2.69. The van der Waals surface area contributed by atoms with Gasteiger partial charge in [0, 0.05) is 18.7 Å². The van der Waals surface area contributed by atoms with Crippen LogP contribution in [0.25, 0.3) is 0 Å². The number of anilines is 1. The van der Waals surface area contributed by atoms with E-state index in [0.29, 0.717) is 12.2 Å². The van der Waals surface area contributed by atoms with E-state index in [-0.39, 0.29) is 29.5 Å². The summed E-state index contributed by atoms with van der Waals surface area (Å²) in [6.07, 6.45) is 2.19. The molecule has 1 saturated carbocycles. The molecule has 4 nitrogen and oxygen atoms in total. The summed E-state index contributed by atoms with van der Waals surface area (Å²) in [5.41, 5.74) is 1.80. The molecule has 5 heteroatoms. The van der Waals surface area contributed by atoms with Crippen molar-refractivity contribution in [2.45, 2.75) is 25.2 Å². The fourth-order valence-corrected chi connectivity index (χ4v) is 3.34. The molecule has 0 spiro atoms. The zero-order valence-corrected chi connectivity index (χ0v) is 13.7. The maximum Gasteiger partial charge on any atom is 0.314 e. The number of rotatable bonds is 4. The summed E-state index contributed by atoms with van der Waals surface area (Å²) in [5.74, 6) is -0.00525. The van der Waals surface area contributed by atoms with Crippen molar-refractivity contribution >= 4 is 17.6 Å². The number of hydrogen-bond donors (Lipinski definition) is 0. The SMILES string of the molecule is O=C(Oc1ccc(N2CCCC2=O)cc1)C1CC1c1ccc(F)cc1. The summed E-state index contributed by atoms with van der Waals surface area (Å²) < 4.78 is 18.4. The Bertz CT molecular complexity index is 801. The largest absolute Gasteiger partial charge is 0.426 e. The minimum Gasteiger partial charge on any atom is -0.426 e. The van der Waals surface area contributed by atoms with Crippen LogP contribution in [0.3, 0.4) is 0 Å². The lowest BCUT2D eigenvalue weighted by atomic mass is 10.1. The minimum atomic E-state index is -0.278.